The van der Waals surface area contributed by atoms with Gasteiger partial charge in [0.05, 0.1) is 9.80 Å². The molecule has 0 aliphatic rings. The molecule has 0 saturated heterocycles. The van der Waals surface area contributed by atoms with Crippen LogP contribution in [0.25, 0.3) is 10.8 Å². The lowest BCUT2D eigenvalue weighted by Gasteiger charge is -1.97. The van der Waals surface area contributed by atoms with Crippen LogP contribution in [0.2, 0.25) is 0 Å². The Morgan fingerprint density at radius 3 is 3.00 bits per heavy atom. The predicted molar refractivity (Wildman–Crippen MR) is 59.5 cm³/mol. The minimum atomic E-state index is -0.776. The van der Waals surface area contributed by atoms with Crippen molar-refractivity contribution in [3.8, 4) is 10.8 Å². The van der Waals surface area contributed by atoms with Crippen LogP contribution < -0.4 is 0 Å². The fourth-order valence-corrected chi connectivity index (χ4v) is 1.94. The van der Waals surface area contributed by atoms with Gasteiger partial charge in [-0.15, -0.1) is 0 Å². The van der Waals surface area contributed by atoms with Gasteiger partial charge in [-0.2, -0.15) is 4.98 Å². The number of nitrogens with zero attached hydrogens (tertiary/aromatic N) is 3. The quantitative estimate of drug-likeness (QED) is 0.663. The molecule has 2 aromatic heterocycles. The molecule has 2 heterocycles. The van der Waals surface area contributed by atoms with Crippen molar-refractivity contribution in [2.75, 3.05) is 0 Å². The zero-order valence-corrected chi connectivity index (χ0v) is 9.68. The van der Waals surface area contributed by atoms with Crippen LogP contribution in [0.5, 0.6) is 0 Å². The minimum Gasteiger partial charge on any atom is -0.385 e. The standard InChI is InChI=1S/C9H9N3O4S/c1-2-5(13)8-10-9(16-11-8)6-3-4-7(17-6)12(14)15/h3-5,13H,2H2,1H3. The first-order valence-corrected chi connectivity index (χ1v) is 5.69. The van der Waals surface area contributed by atoms with E-state index in [-0.39, 0.29) is 16.7 Å². The summed E-state index contributed by atoms with van der Waals surface area (Å²) in [7, 11) is 0. The molecule has 0 fully saturated rings. The third kappa shape index (κ3) is 2.32. The molecule has 1 N–H and O–H groups in total. The van der Waals surface area contributed by atoms with Crippen molar-refractivity contribution >= 4 is 16.3 Å². The van der Waals surface area contributed by atoms with E-state index in [9.17, 15) is 15.2 Å². The highest BCUT2D eigenvalue weighted by Crippen LogP contribution is 2.32. The Hall–Kier alpha value is -1.80. The van der Waals surface area contributed by atoms with Gasteiger partial charge in [-0.1, -0.05) is 23.4 Å². The van der Waals surface area contributed by atoms with E-state index in [1.165, 1.54) is 6.07 Å². The fraction of sp³-hybridized carbons (Fsp3) is 0.333. The number of aliphatic hydroxyl groups is 1. The van der Waals surface area contributed by atoms with Crippen molar-refractivity contribution in [1.29, 1.82) is 0 Å². The average Bonchev–Trinajstić information content (AvgIpc) is 2.95. The Morgan fingerprint density at radius 1 is 1.65 bits per heavy atom. The number of hydrogen-bond donors (Lipinski definition) is 1. The van der Waals surface area contributed by atoms with E-state index in [0.29, 0.717) is 11.3 Å². The zero-order chi connectivity index (χ0) is 12.4. The molecule has 0 radical (unpaired) electrons. The molecule has 0 aliphatic carbocycles. The normalized spacial score (nSPS) is 12.6. The highest BCUT2D eigenvalue weighted by atomic mass is 32.1. The summed E-state index contributed by atoms with van der Waals surface area (Å²) in [6, 6.07) is 2.92. The van der Waals surface area contributed by atoms with Crippen molar-refractivity contribution in [1.82, 2.24) is 10.1 Å². The molecular formula is C9H9N3O4S. The summed E-state index contributed by atoms with van der Waals surface area (Å²) < 4.78 is 4.93. The Bertz CT molecular complexity index is 536. The third-order valence-corrected chi connectivity index (χ3v) is 3.13. The summed E-state index contributed by atoms with van der Waals surface area (Å²) >= 11 is 0.950. The van der Waals surface area contributed by atoms with Gasteiger partial charge in [0.15, 0.2) is 0 Å². The van der Waals surface area contributed by atoms with Crippen LogP contribution in [0.4, 0.5) is 5.00 Å². The molecule has 1 atom stereocenters. The third-order valence-electron chi connectivity index (χ3n) is 2.11. The molecule has 0 spiro atoms. The molecule has 2 rings (SSSR count). The Morgan fingerprint density at radius 2 is 2.41 bits per heavy atom. The highest BCUT2D eigenvalue weighted by molar-refractivity contribution is 7.18. The van der Waals surface area contributed by atoms with Crippen molar-refractivity contribution in [3.05, 3.63) is 28.1 Å². The largest absolute Gasteiger partial charge is 0.385 e. The summed E-state index contributed by atoms with van der Waals surface area (Å²) in [5.74, 6) is 0.379. The topological polar surface area (TPSA) is 102 Å². The Labute approximate surface area is 99.9 Å². The molecule has 0 aliphatic heterocycles. The number of nitro groups is 1. The molecule has 0 bridgehead atoms. The summed E-state index contributed by atoms with van der Waals surface area (Å²) in [4.78, 5) is 14.5. The van der Waals surface area contributed by atoms with E-state index in [1.54, 1.807) is 13.0 Å². The monoisotopic (exact) mass is 255 g/mol. The van der Waals surface area contributed by atoms with E-state index in [1.807, 2.05) is 0 Å². The lowest BCUT2D eigenvalue weighted by atomic mass is 10.3. The maximum absolute atomic E-state index is 10.5. The second kappa shape index (κ2) is 4.60. The maximum atomic E-state index is 10.5. The minimum absolute atomic E-state index is 0.00999. The molecule has 1 unspecified atom stereocenters. The van der Waals surface area contributed by atoms with Gasteiger partial charge in [0.25, 0.3) is 5.89 Å². The molecule has 17 heavy (non-hydrogen) atoms. The van der Waals surface area contributed by atoms with Gasteiger partial charge in [-0.25, -0.2) is 0 Å². The number of hydrogen-bond acceptors (Lipinski definition) is 7. The number of aliphatic hydroxyl groups excluding tert-OH is 1. The van der Waals surface area contributed by atoms with E-state index in [2.05, 4.69) is 10.1 Å². The summed E-state index contributed by atoms with van der Waals surface area (Å²) in [5.41, 5.74) is 0. The first-order valence-electron chi connectivity index (χ1n) is 4.88. The van der Waals surface area contributed by atoms with Crippen molar-refractivity contribution in [3.63, 3.8) is 0 Å². The van der Waals surface area contributed by atoms with Crippen LogP contribution in [0.3, 0.4) is 0 Å². The van der Waals surface area contributed by atoms with Crippen LogP contribution in [-0.4, -0.2) is 20.2 Å². The van der Waals surface area contributed by atoms with Crippen LogP contribution in [0, 0.1) is 10.1 Å². The Kier molecular flexibility index (Phi) is 3.16. The van der Waals surface area contributed by atoms with Gasteiger partial charge in [-0.05, 0) is 12.5 Å². The van der Waals surface area contributed by atoms with Gasteiger partial charge >= 0.3 is 5.00 Å². The first-order chi connectivity index (χ1) is 8.11. The predicted octanol–water partition coefficient (Wildman–Crippen LogP) is 2.15. The number of aromatic nitrogens is 2. The second-order valence-corrected chi connectivity index (χ2v) is 4.34. The Balaban J connectivity index is 2.27. The number of rotatable bonds is 4. The fourth-order valence-electron chi connectivity index (χ4n) is 1.19. The van der Waals surface area contributed by atoms with E-state index in [4.69, 9.17) is 4.52 Å². The molecule has 0 aromatic carbocycles. The van der Waals surface area contributed by atoms with E-state index >= 15 is 0 Å². The molecule has 0 amide bonds. The zero-order valence-electron chi connectivity index (χ0n) is 8.86. The highest BCUT2D eigenvalue weighted by Gasteiger charge is 2.18. The maximum Gasteiger partial charge on any atom is 0.324 e. The number of thiophene rings is 1. The molecule has 90 valence electrons. The van der Waals surface area contributed by atoms with Crippen LogP contribution in [0.1, 0.15) is 25.3 Å². The van der Waals surface area contributed by atoms with Gasteiger partial charge in [0.2, 0.25) is 5.82 Å². The van der Waals surface area contributed by atoms with Gasteiger partial charge in [0, 0.05) is 6.07 Å². The van der Waals surface area contributed by atoms with Crippen molar-refractivity contribution in [2.24, 2.45) is 0 Å². The van der Waals surface area contributed by atoms with E-state index < -0.39 is 11.0 Å². The molecular weight excluding hydrogens is 246 g/mol. The second-order valence-electron chi connectivity index (χ2n) is 3.28. The summed E-state index contributed by atoms with van der Waals surface area (Å²) in [6.07, 6.45) is -0.300. The van der Waals surface area contributed by atoms with Gasteiger partial charge in [0.1, 0.15) is 6.10 Å². The van der Waals surface area contributed by atoms with Crippen molar-refractivity contribution < 1.29 is 14.6 Å². The lowest BCUT2D eigenvalue weighted by molar-refractivity contribution is -0.380. The smallest absolute Gasteiger partial charge is 0.324 e. The summed E-state index contributed by atoms with van der Waals surface area (Å²) in [5, 5.41) is 23.6. The van der Waals surface area contributed by atoms with Crippen LogP contribution >= 0.6 is 11.3 Å². The van der Waals surface area contributed by atoms with Gasteiger partial charge in [-0.3, -0.25) is 10.1 Å². The molecule has 0 saturated carbocycles. The van der Waals surface area contributed by atoms with Crippen molar-refractivity contribution in [2.45, 2.75) is 19.4 Å². The SMILES string of the molecule is CCC(O)c1noc(-c2ccc([N+](=O)[O-])s2)n1. The molecule has 8 heteroatoms. The van der Waals surface area contributed by atoms with E-state index in [0.717, 1.165) is 11.3 Å². The van der Waals surface area contributed by atoms with Gasteiger partial charge < -0.3 is 9.63 Å². The molecule has 7 nitrogen and oxygen atoms in total. The van der Waals surface area contributed by atoms with Crippen LogP contribution in [-0.2, 0) is 0 Å². The first kappa shape index (κ1) is 11.7. The summed E-state index contributed by atoms with van der Waals surface area (Å²) in [6.45, 7) is 1.79. The average molecular weight is 255 g/mol. The lowest BCUT2D eigenvalue weighted by Crippen LogP contribution is -1.97. The molecule has 2 aromatic rings. The van der Waals surface area contributed by atoms with Crippen LogP contribution in [0.15, 0.2) is 16.7 Å².